The van der Waals surface area contributed by atoms with Crippen LogP contribution in [0.2, 0.25) is 0 Å². The number of carbonyl (C=O) groups excluding carboxylic acids is 2. The number of nitrogens with zero attached hydrogens (tertiary/aromatic N) is 1. The minimum atomic E-state index is -1.06. The number of rotatable bonds is 6. The number of nitrogens with one attached hydrogen (secondary N) is 1. The Labute approximate surface area is 164 Å². The highest BCUT2D eigenvalue weighted by atomic mass is 16.5. The molecule has 0 aliphatic carbocycles. The van der Waals surface area contributed by atoms with Gasteiger partial charge >= 0.3 is 5.97 Å². The molecule has 0 saturated carbocycles. The lowest BCUT2D eigenvalue weighted by Crippen LogP contribution is -2.30. The molecule has 0 aromatic heterocycles. The average molecular weight is 378 g/mol. The maximum Gasteiger partial charge on any atom is 0.349 e. The fraction of sp³-hybridized carbons (Fsp3) is 0.227. The van der Waals surface area contributed by atoms with E-state index >= 15 is 0 Å². The molecule has 6 nitrogen and oxygen atoms in total. The predicted octanol–water partition coefficient (Wildman–Crippen LogP) is 3.79. The largest absolute Gasteiger partial charge is 0.497 e. The molecule has 0 bridgehead atoms. The van der Waals surface area contributed by atoms with E-state index < -0.39 is 18.0 Å². The highest BCUT2D eigenvalue weighted by Gasteiger charge is 2.21. The summed E-state index contributed by atoms with van der Waals surface area (Å²) in [6.07, 6.45) is 0.328. The minimum Gasteiger partial charge on any atom is -0.497 e. The smallest absolute Gasteiger partial charge is 0.349 e. The van der Waals surface area contributed by atoms with Crippen molar-refractivity contribution >= 4 is 23.6 Å². The number of benzene rings is 2. The Hall–Kier alpha value is -3.59. The van der Waals surface area contributed by atoms with Crippen molar-refractivity contribution in [2.24, 2.45) is 0 Å². The molecule has 0 aliphatic heterocycles. The third-order valence-electron chi connectivity index (χ3n) is 4.05. The van der Waals surface area contributed by atoms with Crippen molar-refractivity contribution in [1.82, 2.24) is 0 Å². The van der Waals surface area contributed by atoms with Gasteiger partial charge in [0.05, 0.1) is 7.11 Å². The van der Waals surface area contributed by atoms with Crippen LogP contribution in [0.3, 0.4) is 0 Å². The van der Waals surface area contributed by atoms with Gasteiger partial charge in [-0.2, -0.15) is 5.26 Å². The molecule has 0 fully saturated rings. The minimum absolute atomic E-state index is 0.209. The second-order valence-electron chi connectivity index (χ2n) is 6.30. The first-order valence-corrected chi connectivity index (χ1v) is 8.69. The first kappa shape index (κ1) is 20.7. The van der Waals surface area contributed by atoms with E-state index in [9.17, 15) is 14.9 Å². The molecule has 0 heterocycles. The summed E-state index contributed by atoms with van der Waals surface area (Å²) in [7, 11) is 1.53. The average Bonchev–Trinajstić information content (AvgIpc) is 2.68. The quantitative estimate of drug-likeness (QED) is 0.469. The summed E-state index contributed by atoms with van der Waals surface area (Å²) < 4.78 is 10.3. The molecular formula is C22H22N2O4. The van der Waals surface area contributed by atoms with Crippen molar-refractivity contribution in [3.05, 3.63) is 64.7 Å². The second kappa shape index (κ2) is 9.38. The normalized spacial score (nSPS) is 11.9. The van der Waals surface area contributed by atoms with Crippen LogP contribution in [-0.4, -0.2) is 25.1 Å². The fourth-order valence-corrected chi connectivity index (χ4v) is 2.42. The number of hydrogen-bond donors (Lipinski definition) is 1. The second-order valence-corrected chi connectivity index (χ2v) is 6.30. The molecule has 1 N–H and O–H groups in total. The SMILES string of the molecule is COc1cccc(/C=C(\C#N)C(=O)O[C@@H](C)C(=O)Nc2cc(C)ccc2C)c1. The molecule has 1 atom stereocenters. The molecule has 0 radical (unpaired) electrons. The number of carbonyl (C=O) groups is 2. The zero-order valence-electron chi connectivity index (χ0n) is 16.3. The standard InChI is InChI=1S/C22H22N2O4/c1-14-8-9-15(2)20(10-14)24-21(25)16(3)28-22(26)18(13-23)11-17-6-5-7-19(12-17)27-4/h5-12,16H,1-4H3,(H,24,25)/b18-11+/t16-/m0/s1. The first-order valence-electron chi connectivity index (χ1n) is 8.69. The predicted molar refractivity (Wildman–Crippen MR) is 107 cm³/mol. The lowest BCUT2D eigenvalue weighted by Gasteiger charge is -2.15. The molecular weight excluding hydrogens is 356 g/mol. The maximum atomic E-state index is 12.4. The summed E-state index contributed by atoms with van der Waals surface area (Å²) in [6, 6.07) is 14.4. The third kappa shape index (κ3) is 5.45. The van der Waals surface area contributed by atoms with Gasteiger partial charge in [0.25, 0.3) is 5.91 Å². The molecule has 0 unspecified atom stereocenters. The Balaban J connectivity index is 2.08. The Morgan fingerprint density at radius 2 is 1.93 bits per heavy atom. The lowest BCUT2D eigenvalue weighted by molar-refractivity contribution is -0.148. The van der Waals surface area contributed by atoms with E-state index in [1.165, 1.54) is 20.1 Å². The van der Waals surface area contributed by atoms with Gasteiger partial charge in [0, 0.05) is 5.69 Å². The fourth-order valence-electron chi connectivity index (χ4n) is 2.42. The van der Waals surface area contributed by atoms with E-state index in [2.05, 4.69) is 5.32 Å². The molecule has 2 aromatic rings. The zero-order valence-corrected chi connectivity index (χ0v) is 16.3. The molecule has 0 spiro atoms. The lowest BCUT2D eigenvalue weighted by atomic mass is 10.1. The van der Waals surface area contributed by atoms with Gasteiger partial charge < -0.3 is 14.8 Å². The van der Waals surface area contributed by atoms with Crippen LogP contribution in [0.25, 0.3) is 6.08 Å². The summed E-state index contributed by atoms with van der Waals surface area (Å²) in [6.45, 7) is 5.25. The van der Waals surface area contributed by atoms with Crippen LogP contribution in [0.1, 0.15) is 23.6 Å². The van der Waals surface area contributed by atoms with Crippen LogP contribution >= 0.6 is 0 Å². The molecule has 6 heteroatoms. The number of anilines is 1. The summed E-state index contributed by atoms with van der Waals surface area (Å²) in [4.78, 5) is 24.7. The number of methoxy groups -OCH3 is 1. The molecule has 2 rings (SSSR count). The van der Waals surface area contributed by atoms with Gasteiger partial charge in [-0.1, -0.05) is 24.3 Å². The molecule has 2 aromatic carbocycles. The number of aryl methyl sites for hydroxylation is 2. The van der Waals surface area contributed by atoms with Gasteiger partial charge in [-0.3, -0.25) is 4.79 Å². The monoisotopic (exact) mass is 378 g/mol. The van der Waals surface area contributed by atoms with E-state index in [1.807, 2.05) is 38.1 Å². The van der Waals surface area contributed by atoms with Crippen LogP contribution < -0.4 is 10.1 Å². The van der Waals surface area contributed by atoms with Crippen molar-refractivity contribution in [2.75, 3.05) is 12.4 Å². The molecule has 144 valence electrons. The highest BCUT2D eigenvalue weighted by Crippen LogP contribution is 2.18. The number of amides is 1. The third-order valence-corrected chi connectivity index (χ3v) is 4.05. The zero-order chi connectivity index (χ0) is 20.7. The number of nitriles is 1. The Morgan fingerprint density at radius 1 is 1.18 bits per heavy atom. The Bertz CT molecular complexity index is 957. The van der Waals surface area contributed by atoms with Gasteiger partial charge in [0.15, 0.2) is 6.10 Å². The molecule has 0 aliphatic rings. The van der Waals surface area contributed by atoms with Crippen LogP contribution in [0.4, 0.5) is 5.69 Å². The number of ether oxygens (including phenoxy) is 2. The van der Waals surface area contributed by atoms with Crippen LogP contribution in [-0.2, 0) is 14.3 Å². The number of esters is 1. The molecule has 0 saturated heterocycles. The Morgan fingerprint density at radius 3 is 2.61 bits per heavy atom. The topological polar surface area (TPSA) is 88.4 Å². The molecule has 1 amide bonds. The van der Waals surface area contributed by atoms with Crippen LogP contribution in [0.15, 0.2) is 48.0 Å². The van der Waals surface area contributed by atoms with Crippen molar-refractivity contribution in [2.45, 2.75) is 26.9 Å². The molecule has 28 heavy (non-hydrogen) atoms. The van der Waals surface area contributed by atoms with E-state index in [4.69, 9.17) is 9.47 Å². The van der Waals surface area contributed by atoms with Crippen molar-refractivity contribution in [3.8, 4) is 11.8 Å². The van der Waals surface area contributed by atoms with Gasteiger partial charge in [0.1, 0.15) is 17.4 Å². The summed E-state index contributed by atoms with van der Waals surface area (Å²) in [5.41, 5.74) is 2.95. The number of hydrogen-bond acceptors (Lipinski definition) is 5. The highest BCUT2D eigenvalue weighted by molar-refractivity contribution is 6.01. The van der Waals surface area contributed by atoms with Crippen LogP contribution in [0, 0.1) is 25.2 Å². The van der Waals surface area contributed by atoms with Crippen molar-refractivity contribution < 1.29 is 19.1 Å². The van der Waals surface area contributed by atoms with Crippen molar-refractivity contribution in [1.29, 1.82) is 5.26 Å². The summed E-state index contributed by atoms with van der Waals surface area (Å²) in [5.74, 6) is -0.740. The summed E-state index contributed by atoms with van der Waals surface area (Å²) in [5, 5.41) is 12.0. The van der Waals surface area contributed by atoms with Crippen molar-refractivity contribution in [3.63, 3.8) is 0 Å². The summed E-state index contributed by atoms with van der Waals surface area (Å²) >= 11 is 0. The van der Waals surface area contributed by atoms with E-state index in [1.54, 1.807) is 24.3 Å². The van der Waals surface area contributed by atoms with E-state index in [0.717, 1.165) is 11.1 Å². The van der Waals surface area contributed by atoms with Gasteiger partial charge in [0.2, 0.25) is 0 Å². The van der Waals surface area contributed by atoms with E-state index in [-0.39, 0.29) is 5.57 Å². The Kier molecular flexibility index (Phi) is 6.94. The van der Waals surface area contributed by atoms with Gasteiger partial charge in [-0.05, 0) is 61.7 Å². The van der Waals surface area contributed by atoms with Gasteiger partial charge in [-0.25, -0.2) is 4.79 Å². The first-order chi connectivity index (χ1) is 13.3. The van der Waals surface area contributed by atoms with Gasteiger partial charge in [-0.15, -0.1) is 0 Å². The maximum absolute atomic E-state index is 12.4. The van der Waals surface area contributed by atoms with E-state index in [0.29, 0.717) is 17.0 Å². The van der Waals surface area contributed by atoms with Crippen LogP contribution in [0.5, 0.6) is 5.75 Å².